The molecule has 30 heavy (non-hydrogen) atoms. The van der Waals surface area contributed by atoms with Crippen LogP contribution in [-0.4, -0.2) is 20.0 Å². The zero-order valence-electron chi connectivity index (χ0n) is 16.8. The van der Waals surface area contributed by atoms with E-state index in [2.05, 4.69) is 6.58 Å². The summed E-state index contributed by atoms with van der Waals surface area (Å²) in [6.45, 7) is 7.50. The van der Waals surface area contributed by atoms with Crippen molar-refractivity contribution in [1.29, 1.82) is 0 Å². The first-order chi connectivity index (χ1) is 14.3. The van der Waals surface area contributed by atoms with Gasteiger partial charge in [0.15, 0.2) is 5.66 Å². The van der Waals surface area contributed by atoms with Crippen LogP contribution in [0.25, 0.3) is 0 Å². The first kappa shape index (κ1) is 19.9. The third-order valence-corrected chi connectivity index (χ3v) is 7.30. The predicted molar refractivity (Wildman–Crippen MR) is 119 cm³/mol. The Kier molecular flexibility index (Phi) is 4.74. The summed E-state index contributed by atoms with van der Waals surface area (Å²) in [5, 5.41) is 0. The Morgan fingerprint density at radius 1 is 0.900 bits per heavy atom. The summed E-state index contributed by atoms with van der Waals surface area (Å²) in [7, 11) is -4.01. The van der Waals surface area contributed by atoms with Gasteiger partial charge >= 0.3 is 0 Å². The lowest BCUT2D eigenvalue weighted by molar-refractivity contribution is 0.0963. The van der Waals surface area contributed by atoms with Crippen molar-refractivity contribution in [2.75, 3.05) is 9.21 Å². The number of sulfonamides is 1. The molecule has 1 aliphatic heterocycles. The quantitative estimate of drug-likeness (QED) is 0.575. The van der Waals surface area contributed by atoms with Gasteiger partial charge in [-0.3, -0.25) is 9.69 Å². The lowest BCUT2D eigenvalue weighted by Gasteiger charge is -2.50. The molecular formula is C24H22N2O3S. The largest absolute Gasteiger partial charge is 0.280 e. The summed E-state index contributed by atoms with van der Waals surface area (Å²) < 4.78 is 29.0. The number of nitrogens with zero attached hydrogens (tertiary/aromatic N) is 2. The molecule has 3 aromatic rings. The van der Waals surface area contributed by atoms with Crippen molar-refractivity contribution in [3.05, 3.63) is 103 Å². The topological polar surface area (TPSA) is 57.7 Å². The second-order valence-corrected chi connectivity index (χ2v) is 9.16. The van der Waals surface area contributed by atoms with Gasteiger partial charge in [-0.2, -0.15) is 0 Å². The van der Waals surface area contributed by atoms with Gasteiger partial charge in [0.05, 0.1) is 16.1 Å². The van der Waals surface area contributed by atoms with Crippen LogP contribution in [0.2, 0.25) is 0 Å². The third kappa shape index (κ3) is 2.92. The maximum Gasteiger partial charge on any atom is 0.266 e. The van der Waals surface area contributed by atoms with E-state index in [0.717, 1.165) is 5.56 Å². The second kappa shape index (κ2) is 7.15. The molecule has 0 fully saturated rings. The number of aryl methyl sites for hydroxylation is 1. The molecule has 0 saturated heterocycles. The molecule has 0 aromatic heterocycles. The number of amides is 1. The van der Waals surface area contributed by atoms with E-state index in [1.54, 1.807) is 67.6 Å². The molecule has 0 saturated carbocycles. The molecule has 1 heterocycles. The molecule has 5 nitrogen and oxygen atoms in total. The molecule has 1 aliphatic rings. The van der Waals surface area contributed by atoms with E-state index in [-0.39, 0.29) is 10.8 Å². The minimum Gasteiger partial charge on any atom is -0.280 e. The number of hydrogen-bond acceptors (Lipinski definition) is 3. The third-order valence-electron chi connectivity index (χ3n) is 5.38. The summed E-state index contributed by atoms with van der Waals surface area (Å²) in [6, 6.07) is 22.5. The van der Waals surface area contributed by atoms with Crippen LogP contribution < -0.4 is 9.21 Å². The van der Waals surface area contributed by atoms with Crippen LogP contribution in [0.15, 0.2) is 96.4 Å². The van der Waals surface area contributed by atoms with Gasteiger partial charge < -0.3 is 0 Å². The lowest BCUT2D eigenvalue weighted by atomic mass is 9.99. The Morgan fingerprint density at radius 3 is 2.13 bits per heavy atom. The van der Waals surface area contributed by atoms with Crippen molar-refractivity contribution in [2.24, 2.45) is 0 Å². The van der Waals surface area contributed by atoms with Crippen molar-refractivity contribution in [2.45, 2.75) is 24.4 Å². The molecule has 4 rings (SSSR count). The number of hydrogen-bond donors (Lipinski definition) is 0. The fraction of sp³-hybridized carbons (Fsp3) is 0.125. The number of carbonyl (C=O) groups is 1. The van der Waals surface area contributed by atoms with E-state index in [0.29, 0.717) is 16.9 Å². The van der Waals surface area contributed by atoms with Gasteiger partial charge in [-0.25, -0.2) is 12.7 Å². The number of para-hydroxylation sites is 2. The molecule has 0 aliphatic carbocycles. The summed E-state index contributed by atoms with van der Waals surface area (Å²) in [5.41, 5.74) is 0.842. The standard InChI is InChI=1S/C24H22N2O3S/c1-4-24(3)25(19-10-6-5-7-11-19)23(27)21-12-8-9-13-22(21)26(24)30(28,29)20-16-14-18(2)15-17-20/h4-17H,1H2,2-3H3. The zero-order valence-corrected chi connectivity index (χ0v) is 17.6. The number of anilines is 2. The first-order valence-corrected chi connectivity index (χ1v) is 11.0. The second-order valence-electron chi connectivity index (χ2n) is 7.37. The Morgan fingerprint density at radius 2 is 1.50 bits per heavy atom. The van der Waals surface area contributed by atoms with Gasteiger partial charge in [-0.05, 0) is 56.3 Å². The van der Waals surface area contributed by atoms with Crippen molar-refractivity contribution in [1.82, 2.24) is 0 Å². The molecule has 3 aromatic carbocycles. The number of carbonyl (C=O) groups excluding carboxylic acids is 1. The highest BCUT2D eigenvalue weighted by atomic mass is 32.2. The number of fused-ring (bicyclic) bond motifs is 1. The lowest BCUT2D eigenvalue weighted by Crippen LogP contribution is -2.65. The van der Waals surface area contributed by atoms with Crippen LogP contribution in [0.4, 0.5) is 11.4 Å². The Balaban J connectivity index is 2.02. The van der Waals surface area contributed by atoms with Gasteiger partial charge in [0.1, 0.15) is 0 Å². The molecule has 0 bridgehead atoms. The maximum atomic E-state index is 13.9. The van der Waals surface area contributed by atoms with E-state index in [9.17, 15) is 13.2 Å². The van der Waals surface area contributed by atoms with E-state index in [4.69, 9.17) is 0 Å². The fourth-order valence-electron chi connectivity index (χ4n) is 3.81. The Bertz CT molecular complexity index is 1220. The smallest absolute Gasteiger partial charge is 0.266 e. The minimum absolute atomic E-state index is 0.151. The van der Waals surface area contributed by atoms with Crippen LogP contribution in [0.3, 0.4) is 0 Å². The molecule has 0 spiro atoms. The molecule has 6 heteroatoms. The minimum atomic E-state index is -4.01. The van der Waals surface area contributed by atoms with Crippen molar-refractivity contribution >= 4 is 27.3 Å². The van der Waals surface area contributed by atoms with Crippen molar-refractivity contribution in [3.8, 4) is 0 Å². The monoisotopic (exact) mass is 418 g/mol. The first-order valence-electron chi connectivity index (χ1n) is 9.55. The van der Waals surface area contributed by atoms with Gasteiger partial charge in [-0.15, -0.1) is 0 Å². The highest BCUT2D eigenvalue weighted by molar-refractivity contribution is 7.93. The average Bonchev–Trinajstić information content (AvgIpc) is 2.75. The molecular weight excluding hydrogens is 396 g/mol. The van der Waals surface area contributed by atoms with E-state index in [1.807, 2.05) is 25.1 Å². The van der Waals surface area contributed by atoms with E-state index in [1.165, 1.54) is 15.3 Å². The summed E-state index contributed by atoms with van der Waals surface area (Å²) in [6.07, 6.45) is 1.50. The highest BCUT2D eigenvalue weighted by Crippen LogP contribution is 2.43. The molecule has 0 N–H and O–H groups in total. The summed E-state index contributed by atoms with van der Waals surface area (Å²) in [5.74, 6) is -0.283. The van der Waals surface area contributed by atoms with Gasteiger partial charge in [0.2, 0.25) is 0 Å². The van der Waals surface area contributed by atoms with Crippen LogP contribution in [0, 0.1) is 6.92 Å². The van der Waals surface area contributed by atoms with Crippen LogP contribution in [-0.2, 0) is 10.0 Å². The molecule has 152 valence electrons. The maximum absolute atomic E-state index is 13.9. The molecule has 1 atom stereocenters. The van der Waals surface area contributed by atoms with Crippen LogP contribution in [0.5, 0.6) is 0 Å². The van der Waals surface area contributed by atoms with E-state index < -0.39 is 15.7 Å². The molecule has 1 amide bonds. The average molecular weight is 419 g/mol. The van der Waals surface area contributed by atoms with Crippen LogP contribution >= 0.6 is 0 Å². The molecule has 0 radical (unpaired) electrons. The SMILES string of the molecule is C=CC1(C)N(c2ccccc2)C(=O)c2ccccc2N1S(=O)(=O)c1ccc(C)cc1. The Hall–Kier alpha value is -3.38. The summed E-state index contributed by atoms with van der Waals surface area (Å²) >= 11 is 0. The van der Waals surface area contributed by atoms with Gasteiger partial charge in [-0.1, -0.05) is 54.6 Å². The Labute approximate surface area is 176 Å². The summed E-state index contributed by atoms with van der Waals surface area (Å²) in [4.78, 5) is 15.1. The predicted octanol–water partition coefficient (Wildman–Crippen LogP) is 4.75. The van der Waals surface area contributed by atoms with E-state index >= 15 is 0 Å². The fourth-order valence-corrected chi connectivity index (χ4v) is 5.56. The van der Waals surface area contributed by atoms with Crippen molar-refractivity contribution < 1.29 is 13.2 Å². The molecule has 1 unspecified atom stereocenters. The normalized spacial score (nSPS) is 18.8. The number of rotatable bonds is 4. The highest BCUT2D eigenvalue weighted by Gasteiger charge is 2.51. The van der Waals surface area contributed by atoms with Crippen LogP contribution in [0.1, 0.15) is 22.8 Å². The van der Waals surface area contributed by atoms with Gasteiger partial charge in [0, 0.05) is 5.69 Å². The van der Waals surface area contributed by atoms with Crippen molar-refractivity contribution in [3.63, 3.8) is 0 Å². The zero-order chi connectivity index (χ0) is 21.5. The van der Waals surface area contributed by atoms with Gasteiger partial charge in [0.25, 0.3) is 15.9 Å². The number of benzene rings is 3.